The van der Waals surface area contributed by atoms with E-state index in [1.165, 1.54) is 0 Å². The van der Waals surface area contributed by atoms with E-state index in [9.17, 15) is 9.59 Å². The smallest absolute Gasteiger partial charge is 0.259 e. The number of rotatable bonds is 3. The van der Waals surface area contributed by atoms with Gasteiger partial charge in [0.25, 0.3) is 5.91 Å². The van der Waals surface area contributed by atoms with Crippen LogP contribution in [0.1, 0.15) is 15.9 Å². The molecular weight excluding hydrogens is 399 g/mol. The number of benzene rings is 3. The predicted octanol–water partition coefficient (Wildman–Crippen LogP) is 5.53. The highest BCUT2D eigenvalue weighted by atomic mass is 35.5. The van der Waals surface area contributed by atoms with E-state index >= 15 is 0 Å². The molecular formula is C21H14Cl2N2O3. The van der Waals surface area contributed by atoms with Gasteiger partial charge in [0.05, 0.1) is 17.7 Å². The van der Waals surface area contributed by atoms with Crippen molar-refractivity contribution in [1.29, 1.82) is 0 Å². The molecule has 1 aliphatic rings. The maximum absolute atomic E-state index is 12.6. The number of halogens is 2. The molecule has 5 nitrogen and oxygen atoms in total. The maximum atomic E-state index is 12.6. The molecule has 1 heterocycles. The Morgan fingerprint density at radius 1 is 0.929 bits per heavy atom. The Balaban J connectivity index is 1.53. The highest BCUT2D eigenvalue weighted by Crippen LogP contribution is 2.37. The Bertz CT molecular complexity index is 1080. The van der Waals surface area contributed by atoms with E-state index in [1.54, 1.807) is 60.7 Å². The number of carbonyl (C=O) groups is 2. The first-order valence-corrected chi connectivity index (χ1v) is 9.20. The van der Waals surface area contributed by atoms with Crippen molar-refractivity contribution < 1.29 is 14.3 Å². The number of fused-ring (bicyclic) bond motifs is 2. The van der Waals surface area contributed by atoms with Crippen molar-refractivity contribution in [3.05, 3.63) is 81.8 Å². The first-order chi connectivity index (χ1) is 13.5. The Labute approximate surface area is 171 Å². The van der Waals surface area contributed by atoms with E-state index in [4.69, 9.17) is 27.9 Å². The lowest BCUT2D eigenvalue weighted by Crippen LogP contribution is -2.15. The number of nitrogens with one attached hydrogen (secondary N) is 2. The fourth-order valence-corrected chi connectivity index (χ4v) is 3.16. The van der Waals surface area contributed by atoms with Gasteiger partial charge in [0.15, 0.2) is 5.75 Å². The summed E-state index contributed by atoms with van der Waals surface area (Å²) < 4.78 is 5.83. The van der Waals surface area contributed by atoms with E-state index < -0.39 is 0 Å². The molecule has 1 aliphatic heterocycles. The molecule has 0 aliphatic carbocycles. The Morgan fingerprint density at radius 3 is 2.43 bits per heavy atom. The van der Waals surface area contributed by atoms with Crippen LogP contribution < -0.4 is 15.4 Å². The molecule has 4 rings (SSSR count). The second kappa shape index (κ2) is 7.54. The topological polar surface area (TPSA) is 67.4 Å². The molecule has 0 atom stereocenters. The largest absolute Gasteiger partial charge is 0.454 e. The van der Waals surface area contributed by atoms with Crippen molar-refractivity contribution in [1.82, 2.24) is 0 Å². The lowest BCUT2D eigenvalue weighted by molar-refractivity contribution is -0.115. The maximum Gasteiger partial charge on any atom is 0.259 e. The molecule has 3 aromatic carbocycles. The van der Waals surface area contributed by atoms with Gasteiger partial charge in [-0.3, -0.25) is 9.59 Å². The van der Waals surface area contributed by atoms with Crippen molar-refractivity contribution in [3.63, 3.8) is 0 Å². The van der Waals surface area contributed by atoms with Crippen molar-refractivity contribution in [2.45, 2.75) is 6.42 Å². The van der Waals surface area contributed by atoms with Crippen molar-refractivity contribution in [2.24, 2.45) is 0 Å². The minimum atomic E-state index is -0.343. The van der Waals surface area contributed by atoms with Crippen molar-refractivity contribution in [2.75, 3.05) is 10.6 Å². The lowest BCUT2D eigenvalue weighted by Gasteiger charge is -2.10. The average Bonchev–Trinajstić information content (AvgIpc) is 2.79. The molecule has 28 heavy (non-hydrogen) atoms. The van der Waals surface area contributed by atoms with Crippen LogP contribution in [0.5, 0.6) is 11.5 Å². The molecule has 0 saturated heterocycles. The molecule has 7 heteroatoms. The molecule has 3 aromatic rings. The second-order valence-corrected chi connectivity index (χ2v) is 7.13. The molecule has 0 fully saturated rings. The van der Waals surface area contributed by atoms with E-state index in [0.29, 0.717) is 38.5 Å². The molecule has 2 amide bonds. The number of amides is 2. The zero-order valence-electron chi connectivity index (χ0n) is 14.5. The summed E-state index contributed by atoms with van der Waals surface area (Å²) in [7, 11) is 0. The third-order valence-corrected chi connectivity index (χ3v) is 4.68. The molecule has 0 spiro atoms. The molecule has 0 unspecified atom stereocenters. The van der Waals surface area contributed by atoms with Crippen LogP contribution in [0.25, 0.3) is 0 Å². The van der Waals surface area contributed by atoms with Crippen LogP contribution >= 0.6 is 23.2 Å². The molecule has 2 N–H and O–H groups in total. The summed E-state index contributed by atoms with van der Waals surface area (Å²) >= 11 is 11.8. The number of carbonyl (C=O) groups excluding carboxylic acids is 2. The standard InChI is InChI=1S/C21H14Cl2N2O3/c22-13-3-1-12(2-4-13)9-20(26)24-15-6-8-18-16(11-15)21(27)25-17-10-14(23)5-7-19(17)28-18/h1-8,10-11H,9H2,(H,24,26)(H,25,27). The third kappa shape index (κ3) is 3.96. The van der Waals surface area contributed by atoms with Gasteiger partial charge in [0, 0.05) is 15.7 Å². The highest BCUT2D eigenvalue weighted by molar-refractivity contribution is 6.31. The van der Waals surface area contributed by atoms with Gasteiger partial charge in [-0.15, -0.1) is 0 Å². The molecule has 140 valence electrons. The van der Waals surface area contributed by atoms with Gasteiger partial charge in [-0.1, -0.05) is 35.3 Å². The summed E-state index contributed by atoms with van der Waals surface area (Å²) in [5.74, 6) is 0.349. The minimum Gasteiger partial charge on any atom is -0.454 e. The summed E-state index contributed by atoms with van der Waals surface area (Å²) in [6.45, 7) is 0. The summed E-state index contributed by atoms with van der Waals surface area (Å²) in [5, 5.41) is 6.67. The van der Waals surface area contributed by atoms with Gasteiger partial charge >= 0.3 is 0 Å². The summed E-state index contributed by atoms with van der Waals surface area (Å²) in [4.78, 5) is 24.9. The molecule has 0 saturated carbocycles. The molecule has 0 bridgehead atoms. The predicted molar refractivity (Wildman–Crippen MR) is 110 cm³/mol. The van der Waals surface area contributed by atoms with Gasteiger partial charge in [-0.25, -0.2) is 0 Å². The lowest BCUT2D eigenvalue weighted by atomic mass is 10.1. The fraction of sp³-hybridized carbons (Fsp3) is 0.0476. The molecule has 0 aromatic heterocycles. The SMILES string of the molecule is O=C(Cc1ccc(Cl)cc1)Nc1ccc2c(c1)C(=O)Nc1cc(Cl)ccc1O2. The Kier molecular flexibility index (Phi) is 4.94. The first kappa shape index (κ1) is 18.3. The summed E-state index contributed by atoms with van der Waals surface area (Å²) in [6.07, 6.45) is 0.195. The number of ether oxygens (including phenoxy) is 1. The second-order valence-electron chi connectivity index (χ2n) is 6.26. The number of hydrogen-bond acceptors (Lipinski definition) is 3. The third-order valence-electron chi connectivity index (χ3n) is 4.20. The monoisotopic (exact) mass is 412 g/mol. The Morgan fingerprint density at radius 2 is 1.64 bits per heavy atom. The van der Waals surface area contributed by atoms with Gasteiger partial charge < -0.3 is 15.4 Å². The van der Waals surface area contributed by atoms with Crippen LogP contribution in [-0.2, 0) is 11.2 Å². The van der Waals surface area contributed by atoms with Crippen LogP contribution in [0.2, 0.25) is 10.0 Å². The van der Waals surface area contributed by atoms with Crippen LogP contribution in [0, 0.1) is 0 Å². The fourth-order valence-electron chi connectivity index (χ4n) is 2.86. The van der Waals surface area contributed by atoms with E-state index in [1.807, 2.05) is 0 Å². The summed E-state index contributed by atoms with van der Waals surface area (Å²) in [6, 6.07) is 17.0. The first-order valence-electron chi connectivity index (χ1n) is 8.45. The quantitative estimate of drug-likeness (QED) is 0.593. The summed E-state index contributed by atoms with van der Waals surface area (Å²) in [5.41, 5.74) is 2.14. The minimum absolute atomic E-state index is 0.195. The average molecular weight is 413 g/mol. The van der Waals surface area contributed by atoms with Crippen LogP contribution in [-0.4, -0.2) is 11.8 Å². The van der Waals surface area contributed by atoms with Crippen LogP contribution in [0.3, 0.4) is 0 Å². The van der Waals surface area contributed by atoms with Gasteiger partial charge in [-0.2, -0.15) is 0 Å². The van der Waals surface area contributed by atoms with Gasteiger partial charge in [0.2, 0.25) is 5.91 Å². The van der Waals surface area contributed by atoms with Crippen LogP contribution in [0.15, 0.2) is 60.7 Å². The zero-order chi connectivity index (χ0) is 19.7. The zero-order valence-corrected chi connectivity index (χ0v) is 16.0. The van der Waals surface area contributed by atoms with Crippen molar-refractivity contribution in [3.8, 4) is 11.5 Å². The van der Waals surface area contributed by atoms with Crippen molar-refractivity contribution >= 4 is 46.4 Å². The Hall–Kier alpha value is -3.02. The molecule has 0 radical (unpaired) electrons. The number of hydrogen-bond donors (Lipinski definition) is 2. The van der Waals surface area contributed by atoms with E-state index in [-0.39, 0.29) is 18.2 Å². The van der Waals surface area contributed by atoms with E-state index in [0.717, 1.165) is 5.56 Å². The van der Waals surface area contributed by atoms with Gasteiger partial charge in [-0.05, 0) is 54.1 Å². The van der Waals surface area contributed by atoms with Gasteiger partial charge in [0.1, 0.15) is 5.75 Å². The highest BCUT2D eigenvalue weighted by Gasteiger charge is 2.21. The van der Waals surface area contributed by atoms with Crippen LogP contribution in [0.4, 0.5) is 11.4 Å². The van der Waals surface area contributed by atoms with E-state index in [2.05, 4.69) is 10.6 Å². The number of anilines is 2. The normalized spacial score (nSPS) is 12.1.